The van der Waals surface area contributed by atoms with Crippen molar-refractivity contribution in [3.63, 3.8) is 0 Å². The molecule has 0 saturated carbocycles. The number of aromatic nitrogens is 3. The average Bonchev–Trinajstić information content (AvgIpc) is 3.45. The topological polar surface area (TPSA) is 84.1 Å². The Bertz CT molecular complexity index is 919. The number of nitrogens with one attached hydrogen (secondary N) is 1. The highest BCUT2D eigenvalue weighted by Gasteiger charge is 2.16. The molecule has 3 aromatic heterocycles. The molecule has 0 atom stereocenters. The van der Waals surface area contributed by atoms with Crippen LogP contribution in [0.15, 0.2) is 40.4 Å². The lowest BCUT2D eigenvalue weighted by Crippen LogP contribution is -2.32. The molecule has 8 heteroatoms. The molecule has 1 aliphatic heterocycles. The minimum Gasteiger partial charge on any atom is -0.356 e. The van der Waals surface area contributed by atoms with Crippen molar-refractivity contribution < 1.29 is 9.32 Å². The van der Waals surface area contributed by atoms with E-state index in [1.807, 2.05) is 35.8 Å². The van der Waals surface area contributed by atoms with Gasteiger partial charge < -0.3 is 14.7 Å². The summed E-state index contributed by atoms with van der Waals surface area (Å²) in [6, 6.07) is 7.89. The third-order valence-electron chi connectivity index (χ3n) is 5.00. The van der Waals surface area contributed by atoms with E-state index in [0.29, 0.717) is 37.5 Å². The number of rotatable bonds is 8. The molecule has 1 saturated heterocycles. The molecule has 1 fully saturated rings. The van der Waals surface area contributed by atoms with Gasteiger partial charge in [0.1, 0.15) is 5.82 Å². The number of nitrogens with zero attached hydrogens (tertiary/aromatic N) is 4. The Balaban J connectivity index is 1.24. The molecule has 0 aliphatic carbocycles. The molecule has 7 nitrogen and oxygen atoms in total. The van der Waals surface area contributed by atoms with Crippen LogP contribution in [0, 0.1) is 0 Å². The maximum Gasteiger partial charge on any atom is 0.226 e. The summed E-state index contributed by atoms with van der Waals surface area (Å²) >= 11 is 1.58. The predicted octanol–water partition coefficient (Wildman–Crippen LogP) is 3.82. The average molecular weight is 412 g/mol. The first-order valence-corrected chi connectivity index (χ1v) is 11.0. The molecule has 1 aliphatic rings. The quantitative estimate of drug-likeness (QED) is 0.607. The minimum atomic E-state index is 0.0245. The second-order valence-electron chi connectivity index (χ2n) is 7.15. The van der Waals surface area contributed by atoms with Crippen LogP contribution in [0.4, 0.5) is 5.82 Å². The van der Waals surface area contributed by atoms with E-state index < -0.39 is 0 Å². The lowest BCUT2D eigenvalue weighted by atomic mass is 10.1. The Morgan fingerprint density at radius 2 is 2.10 bits per heavy atom. The monoisotopic (exact) mass is 411 g/mol. The molecule has 29 heavy (non-hydrogen) atoms. The van der Waals surface area contributed by atoms with Gasteiger partial charge in [-0.2, -0.15) is 4.98 Å². The summed E-state index contributed by atoms with van der Waals surface area (Å²) in [6.45, 7) is 2.58. The van der Waals surface area contributed by atoms with Gasteiger partial charge in [0.25, 0.3) is 0 Å². The van der Waals surface area contributed by atoms with Crippen molar-refractivity contribution in [3.8, 4) is 10.7 Å². The number of hydrogen-bond donors (Lipinski definition) is 1. The third kappa shape index (κ3) is 5.20. The summed E-state index contributed by atoms with van der Waals surface area (Å²) in [4.78, 5) is 24.5. The van der Waals surface area contributed by atoms with E-state index in [2.05, 4.69) is 25.3 Å². The number of piperidine rings is 1. The van der Waals surface area contributed by atoms with E-state index in [1.165, 1.54) is 19.3 Å². The fourth-order valence-electron chi connectivity index (χ4n) is 3.50. The van der Waals surface area contributed by atoms with Crippen molar-refractivity contribution >= 4 is 23.1 Å². The molecule has 0 aromatic carbocycles. The number of anilines is 1. The largest absolute Gasteiger partial charge is 0.356 e. The van der Waals surface area contributed by atoms with Crippen LogP contribution in [0.1, 0.15) is 43.6 Å². The molecular formula is C21H25N5O2S. The SMILES string of the molecule is O=C(CCCc1nc(-c2cccs2)no1)NCc1cccnc1N1CCCCC1. The Morgan fingerprint density at radius 3 is 2.93 bits per heavy atom. The van der Waals surface area contributed by atoms with Crippen molar-refractivity contribution in [1.82, 2.24) is 20.4 Å². The van der Waals surface area contributed by atoms with Gasteiger partial charge in [0.2, 0.25) is 17.6 Å². The van der Waals surface area contributed by atoms with Crippen LogP contribution in [-0.4, -0.2) is 34.1 Å². The Labute approximate surface area is 174 Å². The van der Waals surface area contributed by atoms with Gasteiger partial charge >= 0.3 is 0 Å². The van der Waals surface area contributed by atoms with E-state index in [0.717, 1.165) is 29.3 Å². The molecule has 4 heterocycles. The van der Waals surface area contributed by atoms with Gasteiger partial charge in [-0.1, -0.05) is 17.3 Å². The summed E-state index contributed by atoms with van der Waals surface area (Å²) in [5, 5.41) is 9.00. The summed E-state index contributed by atoms with van der Waals surface area (Å²) in [6.07, 6.45) is 7.20. The van der Waals surface area contributed by atoms with E-state index in [4.69, 9.17) is 4.52 Å². The van der Waals surface area contributed by atoms with Gasteiger partial charge in [0.05, 0.1) is 4.88 Å². The molecule has 0 unspecified atom stereocenters. The Morgan fingerprint density at radius 1 is 1.21 bits per heavy atom. The van der Waals surface area contributed by atoms with Gasteiger partial charge in [-0.3, -0.25) is 4.79 Å². The number of hydrogen-bond acceptors (Lipinski definition) is 7. The number of pyridine rings is 1. The highest BCUT2D eigenvalue weighted by Crippen LogP contribution is 2.22. The zero-order valence-electron chi connectivity index (χ0n) is 16.3. The summed E-state index contributed by atoms with van der Waals surface area (Å²) in [7, 11) is 0. The molecule has 3 aromatic rings. The second kappa shape index (κ2) is 9.65. The van der Waals surface area contributed by atoms with Crippen LogP contribution < -0.4 is 10.2 Å². The third-order valence-corrected chi connectivity index (χ3v) is 5.87. The van der Waals surface area contributed by atoms with Crippen molar-refractivity contribution in [2.75, 3.05) is 18.0 Å². The maximum absolute atomic E-state index is 12.3. The van der Waals surface area contributed by atoms with Crippen molar-refractivity contribution in [2.45, 2.75) is 45.1 Å². The number of carbonyl (C=O) groups is 1. The number of thiophene rings is 1. The van der Waals surface area contributed by atoms with Gasteiger partial charge in [0.15, 0.2) is 0 Å². The molecule has 1 amide bonds. The minimum absolute atomic E-state index is 0.0245. The maximum atomic E-state index is 12.3. The highest BCUT2D eigenvalue weighted by atomic mass is 32.1. The van der Waals surface area contributed by atoms with Crippen LogP contribution >= 0.6 is 11.3 Å². The van der Waals surface area contributed by atoms with Crippen LogP contribution in [0.5, 0.6) is 0 Å². The van der Waals surface area contributed by atoms with E-state index in [-0.39, 0.29) is 5.91 Å². The molecule has 152 valence electrons. The van der Waals surface area contributed by atoms with Gasteiger partial charge in [-0.15, -0.1) is 11.3 Å². The predicted molar refractivity (Wildman–Crippen MR) is 113 cm³/mol. The molecule has 0 spiro atoms. The van der Waals surface area contributed by atoms with Gasteiger partial charge in [-0.25, -0.2) is 4.98 Å². The van der Waals surface area contributed by atoms with E-state index >= 15 is 0 Å². The van der Waals surface area contributed by atoms with E-state index in [9.17, 15) is 4.79 Å². The van der Waals surface area contributed by atoms with Gasteiger partial charge in [0, 0.05) is 44.2 Å². The fraction of sp³-hybridized carbons (Fsp3) is 0.429. The molecule has 4 rings (SSSR count). The van der Waals surface area contributed by atoms with Crippen LogP contribution in [0.25, 0.3) is 10.7 Å². The Kier molecular flexibility index (Phi) is 6.51. The zero-order valence-corrected chi connectivity index (χ0v) is 17.2. The van der Waals surface area contributed by atoms with E-state index in [1.54, 1.807) is 11.3 Å². The second-order valence-corrected chi connectivity index (χ2v) is 8.10. The summed E-state index contributed by atoms with van der Waals surface area (Å²) in [5.74, 6) is 2.21. The number of amides is 1. The fourth-order valence-corrected chi connectivity index (χ4v) is 4.15. The van der Waals surface area contributed by atoms with Crippen LogP contribution in [-0.2, 0) is 17.8 Å². The number of carbonyl (C=O) groups excluding carboxylic acids is 1. The lowest BCUT2D eigenvalue weighted by Gasteiger charge is -2.29. The first kappa shape index (κ1) is 19.6. The lowest BCUT2D eigenvalue weighted by molar-refractivity contribution is -0.121. The number of aryl methyl sites for hydroxylation is 1. The zero-order chi connectivity index (χ0) is 19.9. The summed E-state index contributed by atoms with van der Waals surface area (Å²) in [5.41, 5.74) is 1.07. The molecule has 1 N–H and O–H groups in total. The van der Waals surface area contributed by atoms with Gasteiger partial charge in [-0.05, 0) is 43.2 Å². The van der Waals surface area contributed by atoms with Crippen LogP contribution in [0.2, 0.25) is 0 Å². The highest BCUT2D eigenvalue weighted by molar-refractivity contribution is 7.13. The molecule has 0 bridgehead atoms. The van der Waals surface area contributed by atoms with Crippen molar-refractivity contribution in [2.24, 2.45) is 0 Å². The smallest absolute Gasteiger partial charge is 0.226 e. The summed E-state index contributed by atoms with van der Waals surface area (Å²) < 4.78 is 5.28. The van der Waals surface area contributed by atoms with Crippen LogP contribution in [0.3, 0.4) is 0 Å². The molecular weight excluding hydrogens is 386 g/mol. The van der Waals surface area contributed by atoms with Crippen molar-refractivity contribution in [3.05, 3.63) is 47.3 Å². The Hall–Kier alpha value is -2.74. The normalized spacial score (nSPS) is 14.1. The first-order valence-electron chi connectivity index (χ1n) is 10.1. The molecule has 0 radical (unpaired) electrons. The van der Waals surface area contributed by atoms with Crippen molar-refractivity contribution in [1.29, 1.82) is 0 Å². The standard InChI is InChI=1S/C21H25N5O2S/c27-18(9-4-10-19-24-20(25-28-19)17-8-6-14-29-17)23-15-16-7-5-11-22-21(16)26-12-2-1-3-13-26/h5-8,11,14H,1-4,9-10,12-13,15H2,(H,23,27). The first-order chi connectivity index (χ1) is 14.3.